The summed E-state index contributed by atoms with van der Waals surface area (Å²) in [5, 5.41) is 1.78. The fourth-order valence-corrected chi connectivity index (χ4v) is 4.60. The smallest absolute Gasteiger partial charge is 0.339 e. The van der Waals surface area contributed by atoms with Gasteiger partial charge < -0.3 is 23.8 Å². The van der Waals surface area contributed by atoms with Gasteiger partial charge in [-0.1, -0.05) is 0 Å². The third-order valence-electron chi connectivity index (χ3n) is 5.92. The summed E-state index contributed by atoms with van der Waals surface area (Å²) in [7, 11) is 3.19. The fraction of sp³-hybridized carbons (Fsp3) is 0.375. The van der Waals surface area contributed by atoms with E-state index in [1.54, 1.807) is 26.6 Å². The van der Waals surface area contributed by atoms with E-state index in [0.717, 1.165) is 40.6 Å². The van der Waals surface area contributed by atoms with Crippen LogP contribution in [0.5, 0.6) is 11.5 Å². The second-order valence-corrected chi connectivity index (χ2v) is 8.22. The van der Waals surface area contributed by atoms with Gasteiger partial charge in [0.05, 0.1) is 32.0 Å². The number of nitrogens with zero attached hydrogens (tertiary/aromatic N) is 3. The predicted molar refractivity (Wildman–Crippen MR) is 119 cm³/mol. The minimum absolute atomic E-state index is 0.112. The van der Waals surface area contributed by atoms with Crippen molar-refractivity contribution in [1.82, 2.24) is 9.97 Å². The molecule has 2 aliphatic heterocycles. The molecule has 3 heterocycles. The summed E-state index contributed by atoms with van der Waals surface area (Å²) in [4.78, 5) is 24.0. The van der Waals surface area contributed by atoms with E-state index in [-0.39, 0.29) is 24.8 Å². The van der Waals surface area contributed by atoms with E-state index in [1.807, 2.05) is 32.0 Å². The first kappa shape index (κ1) is 20.5. The van der Waals surface area contributed by atoms with Gasteiger partial charge in [0.15, 0.2) is 11.5 Å². The average molecular weight is 435 g/mol. The SMILES string of the molecule is COc1cc2cc3c(c(-c4cnc(N5C[C@@H](C)O[C@@H](C)C5)nc4)c2cc1OC)C(=O)OC3. The molecule has 0 spiro atoms. The molecule has 1 fully saturated rings. The van der Waals surface area contributed by atoms with Crippen molar-refractivity contribution in [1.29, 1.82) is 0 Å². The Morgan fingerprint density at radius 2 is 1.62 bits per heavy atom. The molecule has 0 bridgehead atoms. The molecule has 0 unspecified atom stereocenters. The molecule has 8 nitrogen and oxygen atoms in total. The normalized spacial score (nSPS) is 20.2. The van der Waals surface area contributed by atoms with Crippen LogP contribution < -0.4 is 14.4 Å². The zero-order valence-electron chi connectivity index (χ0n) is 18.5. The van der Waals surface area contributed by atoms with Crippen molar-refractivity contribution in [3.05, 3.63) is 41.7 Å². The molecule has 0 saturated carbocycles. The summed E-state index contributed by atoms with van der Waals surface area (Å²) in [6.07, 6.45) is 3.76. The standard InChI is InChI=1S/C24H25N3O5/c1-13-10-27(11-14(2)32-13)24-25-8-17(9-26-24)21-18-7-20(30-4)19(29-3)6-15(18)5-16-12-31-23(28)22(16)21/h5-9,13-14H,10-12H2,1-4H3/t13-,14+. The molecule has 0 amide bonds. The van der Waals surface area contributed by atoms with Crippen LogP contribution in [0.4, 0.5) is 5.95 Å². The number of rotatable bonds is 4. The van der Waals surface area contributed by atoms with Crippen molar-refractivity contribution in [3.8, 4) is 22.6 Å². The average Bonchev–Trinajstić information content (AvgIpc) is 3.16. The summed E-state index contributed by atoms with van der Waals surface area (Å²) in [6.45, 7) is 5.80. The van der Waals surface area contributed by atoms with Crippen LogP contribution in [0.15, 0.2) is 30.6 Å². The minimum Gasteiger partial charge on any atom is -0.493 e. The number of hydrogen-bond acceptors (Lipinski definition) is 8. The quantitative estimate of drug-likeness (QED) is 0.575. The Morgan fingerprint density at radius 1 is 0.969 bits per heavy atom. The molecule has 2 aromatic carbocycles. The van der Waals surface area contributed by atoms with Gasteiger partial charge in [0.2, 0.25) is 5.95 Å². The molecule has 5 rings (SSSR count). The Bertz CT molecular complexity index is 1180. The van der Waals surface area contributed by atoms with Crippen molar-refractivity contribution in [2.24, 2.45) is 0 Å². The number of fused-ring (bicyclic) bond motifs is 2. The molecule has 1 aromatic heterocycles. The number of ether oxygens (including phenoxy) is 4. The number of carbonyl (C=O) groups is 1. The van der Waals surface area contributed by atoms with E-state index in [2.05, 4.69) is 14.9 Å². The maximum Gasteiger partial charge on any atom is 0.339 e. The maximum absolute atomic E-state index is 12.6. The van der Waals surface area contributed by atoms with Gasteiger partial charge in [-0.25, -0.2) is 14.8 Å². The third-order valence-corrected chi connectivity index (χ3v) is 5.92. The lowest BCUT2D eigenvalue weighted by molar-refractivity contribution is -0.00572. The van der Waals surface area contributed by atoms with Gasteiger partial charge in [-0.05, 0) is 42.8 Å². The predicted octanol–water partition coefficient (Wildman–Crippen LogP) is 3.60. The zero-order valence-corrected chi connectivity index (χ0v) is 18.5. The zero-order chi connectivity index (χ0) is 22.4. The molecule has 0 aliphatic carbocycles. The minimum atomic E-state index is -0.341. The topological polar surface area (TPSA) is 83.0 Å². The molecule has 0 radical (unpaired) electrons. The summed E-state index contributed by atoms with van der Waals surface area (Å²) in [5.41, 5.74) is 2.88. The number of benzene rings is 2. The Hall–Kier alpha value is -3.39. The van der Waals surface area contributed by atoms with Gasteiger partial charge in [0.1, 0.15) is 6.61 Å². The molecule has 2 atom stereocenters. The van der Waals surface area contributed by atoms with Crippen LogP contribution in [0, 0.1) is 0 Å². The van der Waals surface area contributed by atoms with E-state index >= 15 is 0 Å². The van der Waals surface area contributed by atoms with Crippen LogP contribution in [0.1, 0.15) is 29.8 Å². The highest BCUT2D eigenvalue weighted by atomic mass is 16.5. The number of aromatic nitrogens is 2. The maximum atomic E-state index is 12.6. The lowest BCUT2D eigenvalue weighted by Crippen LogP contribution is -2.46. The third kappa shape index (κ3) is 3.40. The van der Waals surface area contributed by atoms with E-state index in [4.69, 9.17) is 18.9 Å². The van der Waals surface area contributed by atoms with Crippen molar-refractivity contribution >= 4 is 22.7 Å². The number of esters is 1. The van der Waals surface area contributed by atoms with Gasteiger partial charge in [0.25, 0.3) is 0 Å². The molecule has 8 heteroatoms. The van der Waals surface area contributed by atoms with Gasteiger partial charge in [-0.3, -0.25) is 0 Å². The van der Waals surface area contributed by atoms with Gasteiger partial charge in [0, 0.05) is 42.2 Å². The van der Waals surface area contributed by atoms with E-state index < -0.39 is 0 Å². The Labute approximate surface area is 186 Å². The largest absolute Gasteiger partial charge is 0.493 e. The van der Waals surface area contributed by atoms with Crippen LogP contribution >= 0.6 is 0 Å². The Balaban J connectivity index is 1.64. The number of carbonyl (C=O) groups excluding carboxylic acids is 1. The number of morpholine rings is 1. The summed E-state index contributed by atoms with van der Waals surface area (Å²) >= 11 is 0. The summed E-state index contributed by atoms with van der Waals surface area (Å²) in [5.74, 6) is 1.51. The number of methoxy groups -OCH3 is 2. The highest BCUT2D eigenvalue weighted by molar-refractivity contribution is 6.11. The number of cyclic esters (lactones) is 1. The molecule has 1 saturated heterocycles. The van der Waals surface area contributed by atoms with Gasteiger partial charge >= 0.3 is 5.97 Å². The van der Waals surface area contributed by atoms with Gasteiger partial charge in [-0.2, -0.15) is 0 Å². The first-order chi connectivity index (χ1) is 15.5. The van der Waals surface area contributed by atoms with E-state index in [0.29, 0.717) is 23.0 Å². The van der Waals surface area contributed by atoms with Crippen molar-refractivity contribution in [2.45, 2.75) is 32.7 Å². The van der Waals surface area contributed by atoms with Crippen LogP contribution in [0.25, 0.3) is 21.9 Å². The van der Waals surface area contributed by atoms with Crippen molar-refractivity contribution in [3.63, 3.8) is 0 Å². The first-order valence-electron chi connectivity index (χ1n) is 10.6. The van der Waals surface area contributed by atoms with Crippen LogP contribution in [-0.4, -0.2) is 55.5 Å². The molecule has 2 aliphatic rings. The second kappa shape index (κ2) is 7.94. The molecular weight excluding hydrogens is 410 g/mol. The second-order valence-electron chi connectivity index (χ2n) is 8.22. The monoisotopic (exact) mass is 435 g/mol. The highest BCUT2D eigenvalue weighted by Crippen LogP contribution is 2.42. The van der Waals surface area contributed by atoms with E-state index in [9.17, 15) is 4.79 Å². The lowest BCUT2D eigenvalue weighted by Gasteiger charge is -2.35. The number of hydrogen-bond donors (Lipinski definition) is 0. The van der Waals surface area contributed by atoms with Gasteiger partial charge in [-0.15, -0.1) is 0 Å². The molecule has 0 N–H and O–H groups in total. The highest BCUT2D eigenvalue weighted by Gasteiger charge is 2.29. The van der Waals surface area contributed by atoms with Crippen LogP contribution in [-0.2, 0) is 16.1 Å². The summed E-state index contributed by atoms with van der Waals surface area (Å²) in [6, 6.07) is 5.76. The molecule has 32 heavy (non-hydrogen) atoms. The van der Waals surface area contributed by atoms with Crippen LogP contribution in [0.2, 0.25) is 0 Å². The lowest BCUT2D eigenvalue weighted by atomic mass is 9.91. The van der Waals surface area contributed by atoms with Crippen LogP contribution in [0.3, 0.4) is 0 Å². The van der Waals surface area contributed by atoms with E-state index in [1.165, 1.54) is 0 Å². The molecule has 166 valence electrons. The number of anilines is 1. The first-order valence-corrected chi connectivity index (χ1v) is 10.6. The van der Waals surface area contributed by atoms with Crippen molar-refractivity contribution < 1.29 is 23.7 Å². The summed E-state index contributed by atoms with van der Waals surface area (Å²) < 4.78 is 22.1. The molecular formula is C24H25N3O5. The fourth-order valence-electron chi connectivity index (χ4n) is 4.60. The van der Waals surface area contributed by atoms with Crippen molar-refractivity contribution in [2.75, 3.05) is 32.2 Å². The molecule has 3 aromatic rings. The Morgan fingerprint density at radius 3 is 2.28 bits per heavy atom. The Kier molecular flexibility index (Phi) is 5.09.